The van der Waals surface area contributed by atoms with E-state index in [1.807, 2.05) is 17.2 Å². The van der Waals surface area contributed by atoms with E-state index in [-0.39, 0.29) is 11.8 Å². The highest BCUT2D eigenvalue weighted by Crippen LogP contribution is 2.36. The predicted octanol–water partition coefficient (Wildman–Crippen LogP) is 3.67. The van der Waals surface area contributed by atoms with Gasteiger partial charge in [0.2, 0.25) is 0 Å². The van der Waals surface area contributed by atoms with Gasteiger partial charge in [-0.2, -0.15) is 0 Å². The van der Waals surface area contributed by atoms with Crippen LogP contribution >= 0.6 is 0 Å². The van der Waals surface area contributed by atoms with Crippen molar-refractivity contribution in [2.45, 2.75) is 31.8 Å². The summed E-state index contributed by atoms with van der Waals surface area (Å²) in [6.45, 7) is 2.26. The van der Waals surface area contributed by atoms with Gasteiger partial charge in [-0.3, -0.25) is 4.79 Å². The molecular weight excluding hydrogens is 326 g/mol. The summed E-state index contributed by atoms with van der Waals surface area (Å²) in [6.07, 6.45) is 8.12. The standard InChI is InChI=1S/C21H21N3O2/c25-21(19-6-3-11-26-19)24-13-16-4-1-2-5-17(16)18(14-24)20-22-9-10-23(20)12-15-7-8-15/h1-6,9-11,15,18H,7-8,12-14H2/t18-/m0/s1. The van der Waals surface area contributed by atoms with Crippen molar-refractivity contribution < 1.29 is 9.21 Å². The number of hydrogen-bond donors (Lipinski definition) is 0. The molecule has 5 rings (SSSR count). The smallest absolute Gasteiger partial charge is 0.289 e. The van der Waals surface area contributed by atoms with Gasteiger partial charge in [0.05, 0.1) is 12.2 Å². The van der Waals surface area contributed by atoms with E-state index in [0.29, 0.717) is 18.8 Å². The molecule has 1 aromatic carbocycles. The van der Waals surface area contributed by atoms with Crippen LogP contribution in [0.2, 0.25) is 0 Å². The Labute approximate surface area is 152 Å². The quantitative estimate of drug-likeness (QED) is 0.723. The summed E-state index contributed by atoms with van der Waals surface area (Å²) < 4.78 is 7.61. The van der Waals surface area contributed by atoms with Crippen molar-refractivity contribution in [2.24, 2.45) is 5.92 Å². The minimum absolute atomic E-state index is 0.0604. The number of fused-ring (bicyclic) bond motifs is 1. The van der Waals surface area contributed by atoms with Crippen molar-refractivity contribution in [3.8, 4) is 0 Å². The van der Waals surface area contributed by atoms with E-state index in [9.17, 15) is 4.79 Å². The Morgan fingerprint density at radius 1 is 1.19 bits per heavy atom. The van der Waals surface area contributed by atoms with Crippen LogP contribution in [-0.4, -0.2) is 26.9 Å². The molecule has 1 aliphatic carbocycles. The average molecular weight is 347 g/mol. The monoisotopic (exact) mass is 347 g/mol. The molecule has 3 aromatic rings. The first-order valence-corrected chi connectivity index (χ1v) is 9.21. The highest BCUT2D eigenvalue weighted by molar-refractivity contribution is 5.91. The summed E-state index contributed by atoms with van der Waals surface area (Å²) in [7, 11) is 0. The van der Waals surface area contributed by atoms with Gasteiger partial charge in [-0.1, -0.05) is 24.3 Å². The van der Waals surface area contributed by atoms with Gasteiger partial charge in [0, 0.05) is 32.0 Å². The van der Waals surface area contributed by atoms with Crippen LogP contribution in [0.25, 0.3) is 0 Å². The maximum Gasteiger partial charge on any atom is 0.289 e. The van der Waals surface area contributed by atoms with Gasteiger partial charge in [0.25, 0.3) is 5.91 Å². The van der Waals surface area contributed by atoms with E-state index in [0.717, 1.165) is 18.3 Å². The molecule has 0 radical (unpaired) electrons. The van der Waals surface area contributed by atoms with Crippen molar-refractivity contribution in [1.29, 1.82) is 0 Å². The van der Waals surface area contributed by atoms with Gasteiger partial charge in [-0.25, -0.2) is 4.98 Å². The lowest BCUT2D eigenvalue weighted by Crippen LogP contribution is -2.39. The lowest BCUT2D eigenvalue weighted by molar-refractivity contribution is 0.0690. The third-order valence-electron chi connectivity index (χ3n) is 5.43. The average Bonchev–Trinajstić information content (AvgIpc) is 3.12. The van der Waals surface area contributed by atoms with Crippen LogP contribution in [0, 0.1) is 5.92 Å². The van der Waals surface area contributed by atoms with Gasteiger partial charge in [0.1, 0.15) is 5.82 Å². The highest BCUT2D eigenvalue weighted by Gasteiger charge is 2.33. The molecule has 1 atom stereocenters. The number of aromatic nitrogens is 2. The minimum atomic E-state index is -0.0604. The highest BCUT2D eigenvalue weighted by atomic mass is 16.3. The first-order chi connectivity index (χ1) is 12.8. The van der Waals surface area contributed by atoms with Crippen LogP contribution in [0.5, 0.6) is 0 Å². The van der Waals surface area contributed by atoms with E-state index in [2.05, 4.69) is 33.9 Å². The third-order valence-corrected chi connectivity index (χ3v) is 5.43. The molecule has 5 nitrogen and oxygen atoms in total. The van der Waals surface area contributed by atoms with Crippen molar-refractivity contribution >= 4 is 5.91 Å². The summed E-state index contributed by atoms with van der Waals surface area (Å²) >= 11 is 0. The number of carbonyl (C=O) groups is 1. The van der Waals surface area contributed by atoms with Gasteiger partial charge >= 0.3 is 0 Å². The lowest BCUT2D eigenvalue weighted by atomic mass is 9.88. The molecule has 0 spiro atoms. The zero-order chi connectivity index (χ0) is 17.5. The number of amides is 1. The molecule has 0 N–H and O–H groups in total. The first-order valence-electron chi connectivity index (χ1n) is 9.21. The molecule has 0 unspecified atom stereocenters. The summed E-state index contributed by atoms with van der Waals surface area (Å²) in [5.41, 5.74) is 2.46. The number of hydrogen-bond acceptors (Lipinski definition) is 3. The fourth-order valence-corrected chi connectivity index (χ4v) is 3.90. The Hall–Kier alpha value is -2.82. The van der Waals surface area contributed by atoms with E-state index in [1.54, 1.807) is 18.4 Å². The van der Waals surface area contributed by atoms with Crippen LogP contribution in [-0.2, 0) is 13.1 Å². The third kappa shape index (κ3) is 2.73. The minimum Gasteiger partial charge on any atom is -0.459 e. The maximum atomic E-state index is 12.9. The van der Waals surface area contributed by atoms with Gasteiger partial charge < -0.3 is 13.9 Å². The van der Waals surface area contributed by atoms with E-state index in [1.165, 1.54) is 24.0 Å². The zero-order valence-electron chi connectivity index (χ0n) is 14.5. The molecule has 0 saturated heterocycles. The number of nitrogens with zero attached hydrogens (tertiary/aromatic N) is 3. The number of imidazole rings is 1. The van der Waals surface area contributed by atoms with Crippen molar-refractivity contribution in [3.05, 3.63) is 77.8 Å². The predicted molar refractivity (Wildman–Crippen MR) is 96.7 cm³/mol. The number of benzene rings is 1. The fourth-order valence-electron chi connectivity index (χ4n) is 3.90. The number of carbonyl (C=O) groups excluding carboxylic acids is 1. The van der Waals surface area contributed by atoms with Crippen LogP contribution < -0.4 is 0 Å². The SMILES string of the molecule is O=C(c1ccco1)N1Cc2ccccc2[C@@H](c2nccn2CC2CC2)C1. The second kappa shape index (κ2) is 6.16. The summed E-state index contributed by atoms with van der Waals surface area (Å²) in [4.78, 5) is 19.4. The van der Waals surface area contributed by atoms with Gasteiger partial charge in [-0.15, -0.1) is 0 Å². The topological polar surface area (TPSA) is 51.3 Å². The van der Waals surface area contributed by atoms with E-state index in [4.69, 9.17) is 4.42 Å². The van der Waals surface area contributed by atoms with E-state index >= 15 is 0 Å². The van der Waals surface area contributed by atoms with Crippen LogP contribution in [0.4, 0.5) is 0 Å². The van der Waals surface area contributed by atoms with E-state index < -0.39 is 0 Å². The van der Waals surface area contributed by atoms with Crippen molar-refractivity contribution in [1.82, 2.24) is 14.5 Å². The zero-order valence-corrected chi connectivity index (χ0v) is 14.5. The molecule has 0 bridgehead atoms. The Bertz CT molecular complexity index is 924. The van der Waals surface area contributed by atoms with Crippen molar-refractivity contribution in [2.75, 3.05) is 6.54 Å². The molecule has 1 amide bonds. The Morgan fingerprint density at radius 3 is 2.88 bits per heavy atom. The van der Waals surface area contributed by atoms with Crippen LogP contribution in [0.15, 0.2) is 59.5 Å². The maximum absolute atomic E-state index is 12.9. The molecule has 1 saturated carbocycles. The molecule has 1 fully saturated rings. The summed E-state index contributed by atoms with van der Waals surface area (Å²) in [5.74, 6) is 2.26. The summed E-state index contributed by atoms with van der Waals surface area (Å²) in [6, 6.07) is 11.9. The number of rotatable bonds is 4. The molecule has 2 aromatic heterocycles. The largest absolute Gasteiger partial charge is 0.459 e. The second-order valence-electron chi connectivity index (χ2n) is 7.30. The molecule has 26 heavy (non-hydrogen) atoms. The normalized spacial score (nSPS) is 19.4. The van der Waals surface area contributed by atoms with Crippen LogP contribution in [0.3, 0.4) is 0 Å². The Morgan fingerprint density at radius 2 is 2.08 bits per heavy atom. The van der Waals surface area contributed by atoms with Crippen molar-refractivity contribution in [3.63, 3.8) is 0 Å². The van der Waals surface area contributed by atoms with Gasteiger partial charge in [-0.05, 0) is 42.0 Å². The molecular formula is C21H21N3O2. The van der Waals surface area contributed by atoms with Gasteiger partial charge in [0.15, 0.2) is 5.76 Å². The fraction of sp³-hybridized carbons (Fsp3) is 0.333. The first kappa shape index (κ1) is 15.4. The molecule has 1 aliphatic heterocycles. The van der Waals surface area contributed by atoms with Crippen LogP contribution in [0.1, 0.15) is 46.3 Å². The molecule has 5 heteroatoms. The molecule has 132 valence electrons. The molecule has 2 aliphatic rings. The number of furan rings is 1. The second-order valence-corrected chi connectivity index (χ2v) is 7.30. The molecule has 3 heterocycles. The Balaban J connectivity index is 1.51. The lowest BCUT2D eigenvalue weighted by Gasteiger charge is -2.34. The summed E-state index contributed by atoms with van der Waals surface area (Å²) in [5, 5.41) is 0. The Kier molecular flexibility index (Phi) is 3.66.